The molecule has 0 radical (unpaired) electrons. The highest BCUT2D eigenvalue weighted by Crippen LogP contribution is 2.32. The van der Waals surface area contributed by atoms with Crippen molar-refractivity contribution in [3.63, 3.8) is 0 Å². The lowest BCUT2D eigenvalue weighted by molar-refractivity contribution is -0.384. The number of hydrazone groups is 1. The predicted molar refractivity (Wildman–Crippen MR) is 113 cm³/mol. The highest BCUT2D eigenvalue weighted by Gasteiger charge is 2.13. The molecule has 0 spiro atoms. The van der Waals surface area contributed by atoms with Crippen molar-refractivity contribution in [3.8, 4) is 17.1 Å². The van der Waals surface area contributed by atoms with Gasteiger partial charge in [-0.3, -0.25) is 14.9 Å². The zero-order chi connectivity index (χ0) is 21.7. The second-order valence-electron chi connectivity index (χ2n) is 6.11. The lowest BCUT2D eigenvalue weighted by Crippen LogP contribution is -2.24. The van der Waals surface area contributed by atoms with Crippen LogP contribution in [-0.4, -0.2) is 23.7 Å². The van der Waals surface area contributed by atoms with Gasteiger partial charge >= 0.3 is 0 Å². The molecule has 0 bridgehead atoms. The van der Waals surface area contributed by atoms with Gasteiger partial charge < -0.3 is 9.15 Å². The summed E-state index contributed by atoms with van der Waals surface area (Å²) in [6.45, 7) is 1.60. The average molecular weight is 448 g/mol. The van der Waals surface area contributed by atoms with Gasteiger partial charge in [0.1, 0.15) is 17.3 Å². The van der Waals surface area contributed by atoms with Crippen molar-refractivity contribution in [3.05, 3.63) is 80.0 Å². The third-order valence-electron chi connectivity index (χ3n) is 3.93. The summed E-state index contributed by atoms with van der Waals surface area (Å²) in [7, 11) is 0. The van der Waals surface area contributed by atoms with Gasteiger partial charge in [-0.25, -0.2) is 5.43 Å². The van der Waals surface area contributed by atoms with E-state index in [1.807, 2.05) is 6.92 Å². The molecule has 0 aliphatic carbocycles. The van der Waals surface area contributed by atoms with E-state index < -0.39 is 10.8 Å². The summed E-state index contributed by atoms with van der Waals surface area (Å²) in [5.74, 6) is 0.860. The van der Waals surface area contributed by atoms with Gasteiger partial charge in [-0.2, -0.15) is 5.10 Å². The number of carbonyl (C=O) groups excluding carboxylic acids is 1. The summed E-state index contributed by atoms with van der Waals surface area (Å²) in [6, 6.07) is 12.4. The maximum absolute atomic E-state index is 11.9. The number of nitrogens with one attached hydrogen (secondary N) is 1. The minimum absolute atomic E-state index is 0.115. The summed E-state index contributed by atoms with van der Waals surface area (Å²) >= 11 is 12.0. The molecular formula is C20H15Cl2N3O5. The van der Waals surface area contributed by atoms with Crippen LogP contribution >= 0.6 is 23.2 Å². The summed E-state index contributed by atoms with van der Waals surface area (Å²) < 4.78 is 11.0. The standard InChI is InChI=1S/C20H15Cl2N3O5/c1-12-8-13(21)2-6-18(12)29-11-20(26)24-23-10-15-4-7-19(30-15)16-5-3-14(25(27)28)9-17(16)22/h2-10H,11H2,1H3,(H,24,26)/b23-10+. The number of nitro groups is 1. The summed E-state index contributed by atoms with van der Waals surface area (Å²) in [5, 5.41) is 15.4. The van der Waals surface area contributed by atoms with Crippen molar-refractivity contribution < 1.29 is 18.9 Å². The number of carbonyl (C=O) groups is 1. The number of benzene rings is 2. The summed E-state index contributed by atoms with van der Waals surface area (Å²) in [5.41, 5.74) is 3.53. The molecule has 0 saturated heterocycles. The van der Waals surface area contributed by atoms with Gasteiger partial charge in [-0.15, -0.1) is 0 Å². The number of non-ortho nitro benzene ring substituents is 1. The topological polar surface area (TPSA) is 107 Å². The van der Waals surface area contributed by atoms with E-state index in [0.29, 0.717) is 27.9 Å². The fraction of sp³-hybridized carbons (Fsp3) is 0.100. The van der Waals surface area contributed by atoms with Crippen molar-refractivity contribution in [2.75, 3.05) is 6.61 Å². The fourth-order valence-corrected chi connectivity index (χ4v) is 3.00. The van der Waals surface area contributed by atoms with Gasteiger partial charge in [0, 0.05) is 22.7 Å². The number of furan rings is 1. The molecule has 154 valence electrons. The lowest BCUT2D eigenvalue weighted by atomic mass is 10.1. The molecule has 1 N–H and O–H groups in total. The summed E-state index contributed by atoms with van der Waals surface area (Å²) in [4.78, 5) is 22.1. The van der Waals surface area contributed by atoms with Gasteiger partial charge in [0.2, 0.25) is 0 Å². The Morgan fingerprint density at radius 3 is 2.73 bits per heavy atom. The molecule has 2 aromatic carbocycles. The van der Waals surface area contributed by atoms with E-state index in [0.717, 1.165) is 5.56 Å². The van der Waals surface area contributed by atoms with Gasteiger partial charge in [0.25, 0.3) is 11.6 Å². The van der Waals surface area contributed by atoms with Crippen LogP contribution in [0.4, 0.5) is 5.69 Å². The van der Waals surface area contributed by atoms with Crippen molar-refractivity contribution in [1.82, 2.24) is 5.43 Å². The molecule has 30 heavy (non-hydrogen) atoms. The molecule has 3 rings (SSSR count). The van der Waals surface area contributed by atoms with Crippen LogP contribution in [0.25, 0.3) is 11.3 Å². The lowest BCUT2D eigenvalue weighted by Gasteiger charge is -2.08. The highest BCUT2D eigenvalue weighted by molar-refractivity contribution is 6.33. The Hall–Kier alpha value is -3.36. The molecule has 1 amide bonds. The van der Waals surface area contributed by atoms with Crippen LogP contribution in [0, 0.1) is 17.0 Å². The fourth-order valence-electron chi connectivity index (χ4n) is 2.50. The number of rotatable bonds is 7. The van der Waals surface area contributed by atoms with Crippen LogP contribution in [0.15, 0.2) is 58.0 Å². The molecule has 1 aromatic heterocycles. The van der Waals surface area contributed by atoms with Gasteiger partial charge in [-0.1, -0.05) is 23.2 Å². The highest BCUT2D eigenvalue weighted by atomic mass is 35.5. The Balaban J connectivity index is 1.56. The van der Waals surface area contributed by atoms with Crippen molar-refractivity contribution in [1.29, 1.82) is 0 Å². The Labute approximate surface area is 181 Å². The smallest absolute Gasteiger partial charge is 0.277 e. The van der Waals surface area contributed by atoms with Crippen molar-refractivity contribution in [2.45, 2.75) is 6.92 Å². The second-order valence-corrected chi connectivity index (χ2v) is 6.96. The molecule has 3 aromatic rings. The first-order chi connectivity index (χ1) is 14.3. The van der Waals surface area contributed by atoms with E-state index in [9.17, 15) is 14.9 Å². The quantitative estimate of drug-likeness (QED) is 0.311. The van der Waals surface area contributed by atoms with Crippen LogP contribution in [-0.2, 0) is 4.79 Å². The molecule has 0 saturated carbocycles. The predicted octanol–water partition coefficient (Wildman–Crippen LogP) is 5.00. The Morgan fingerprint density at radius 1 is 1.23 bits per heavy atom. The zero-order valence-corrected chi connectivity index (χ0v) is 17.1. The molecule has 0 aliphatic heterocycles. The van der Waals surface area contributed by atoms with Crippen LogP contribution in [0.1, 0.15) is 11.3 Å². The number of halogens is 2. The number of nitrogens with zero attached hydrogens (tertiary/aromatic N) is 2. The molecule has 0 atom stereocenters. The minimum atomic E-state index is -0.531. The molecule has 1 heterocycles. The first-order valence-corrected chi connectivity index (χ1v) is 9.34. The molecule has 0 unspecified atom stereocenters. The molecule has 10 heteroatoms. The van der Waals surface area contributed by atoms with E-state index >= 15 is 0 Å². The molecular weight excluding hydrogens is 433 g/mol. The third-order valence-corrected chi connectivity index (χ3v) is 4.48. The average Bonchev–Trinajstić information content (AvgIpc) is 3.15. The molecule has 0 aliphatic rings. The normalized spacial score (nSPS) is 10.9. The number of hydrogen-bond acceptors (Lipinski definition) is 6. The van der Waals surface area contributed by atoms with Gasteiger partial charge in [-0.05, 0) is 48.9 Å². The largest absolute Gasteiger partial charge is 0.483 e. The second kappa shape index (κ2) is 9.43. The Kier molecular flexibility index (Phi) is 6.71. The van der Waals surface area contributed by atoms with Crippen LogP contribution in [0.3, 0.4) is 0 Å². The number of ether oxygens (including phenoxy) is 1. The van der Waals surface area contributed by atoms with Crippen LogP contribution in [0.5, 0.6) is 5.75 Å². The van der Waals surface area contributed by atoms with Gasteiger partial charge in [0.05, 0.1) is 16.2 Å². The zero-order valence-electron chi connectivity index (χ0n) is 15.6. The summed E-state index contributed by atoms with van der Waals surface area (Å²) in [6.07, 6.45) is 1.31. The number of amides is 1. The van der Waals surface area contributed by atoms with Crippen LogP contribution in [0.2, 0.25) is 10.0 Å². The monoisotopic (exact) mass is 447 g/mol. The van der Waals surface area contributed by atoms with E-state index in [2.05, 4.69) is 10.5 Å². The maximum atomic E-state index is 11.9. The van der Waals surface area contributed by atoms with E-state index in [-0.39, 0.29) is 17.3 Å². The third kappa shape index (κ3) is 5.37. The number of hydrogen-bond donors (Lipinski definition) is 1. The SMILES string of the molecule is Cc1cc(Cl)ccc1OCC(=O)N/N=C/c1ccc(-c2ccc([N+](=O)[O-])cc2Cl)o1. The first kappa shape index (κ1) is 21.4. The van der Waals surface area contributed by atoms with Crippen molar-refractivity contribution >= 4 is 41.0 Å². The van der Waals surface area contributed by atoms with E-state index in [4.69, 9.17) is 32.4 Å². The number of aryl methyl sites for hydroxylation is 1. The van der Waals surface area contributed by atoms with Crippen LogP contribution < -0.4 is 10.2 Å². The Bertz CT molecular complexity index is 1130. The minimum Gasteiger partial charge on any atom is -0.483 e. The van der Waals surface area contributed by atoms with Crippen molar-refractivity contribution in [2.24, 2.45) is 5.10 Å². The van der Waals surface area contributed by atoms with E-state index in [1.165, 1.54) is 24.4 Å². The van der Waals surface area contributed by atoms with E-state index in [1.54, 1.807) is 30.3 Å². The Morgan fingerprint density at radius 2 is 2.03 bits per heavy atom. The maximum Gasteiger partial charge on any atom is 0.277 e. The van der Waals surface area contributed by atoms with Gasteiger partial charge in [0.15, 0.2) is 6.61 Å². The first-order valence-electron chi connectivity index (χ1n) is 8.58. The number of nitro benzene ring substituents is 1. The molecule has 0 fully saturated rings. The molecule has 8 nitrogen and oxygen atoms in total.